The molecule has 1 heterocycles. The van der Waals surface area contributed by atoms with Crippen molar-refractivity contribution in [2.75, 3.05) is 20.3 Å². The number of aliphatic hydroxyl groups excluding tert-OH is 1. The van der Waals surface area contributed by atoms with Gasteiger partial charge in [-0.15, -0.1) is 0 Å². The van der Waals surface area contributed by atoms with Crippen LogP contribution in [0.3, 0.4) is 0 Å². The highest BCUT2D eigenvalue weighted by Crippen LogP contribution is 2.28. The predicted molar refractivity (Wildman–Crippen MR) is 79.5 cm³/mol. The second kappa shape index (κ2) is 7.71. The van der Waals surface area contributed by atoms with Gasteiger partial charge in [0, 0.05) is 6.54 Å². The van der Waals surface area contributed by atoms with Gasteiger partial charge in [-0.25, -0.2) is 0 Å². The summed E-state index contributed by atoms with van der Waals surface area (Å²) < 4.78 is 16.1. The van der Waals surface area contributed by atoms with Gasteiger partial charge < -0.3 is 24.3 Å². The Labute approximate surface area is 124 Å². The van der Waals surface area contributed by atoms with Crippen LogP contribution in [0.4, 0.5) is 0 Å². The summed E-state index contributed by atoms with van der Waals surface area (Å²) in [6.45, 7) is 3.08. The van der Waals surface area contributed by atoms with Crippen LogP contribution in [0.15, 0.2) is 41.0 Å². The molecule has 0 saturated carbocycles. The summed E-state index contributed by atoms with van der Waals surface area (Å²) in [7, 11) is 1.62. The molecule has 0 aliphatic carbocycles. The van der Waals surface area contributed by atoms with Crippen LogP contribution in [0, 0.1) is 0 Å². The lowest BCUT2D eigenvalue weighted by Gasteiger charge is -2.15. The summed E-state index contributed by atoms with van der Waals surface area (Å²) in [6, 6.07) is 9.20. The quantitative estimate of drug-likeness (QED) is 0.782. The average Bonchev–Trinajstić information content (AvgIpc) is 3.03. The number of hydrogen-bond donors (Lipinski definition) is 2. The molecule has 21 heavy (non-hydrogen) atoms. The van der Waals surface area contributed by atoms with E-state index in [2.05, 4.69) is 5.32 Å². The van der Waals surface area contributed by atoms with Crippen molar-refractivity contribution in [2.45, 2.75) is 19.5 Å². The fraction of sp³-hybridized carbons (Fsp3) is 0.375. The molecule has 0 aliphatic rings. The van der Waals surface area contributed by atoms with Crippen molar-refractivity contribution in [3.8, 4) is 11.5 Å². The van der Waals surface area contributed by atoms with Gasteiger partial charge in [-0.1, -0.05) is 6.07 Å². The molecule has 0 spiro atoms. The Bertz CT molecular complexity index is 539. The molecule has 0 amide bonds. The lowest BCUT2D eigenvalue weighted by atomic mass is 10.1. The first-order valence-electron chi connectivity index (χ1n) is 6.95. The first-order chi connectivity index (χ1) is 10.3. The van der Waals surface area contributed by atoms with E-state index in [9.17, 15) is 5.11 Å². The lowest BCUT2D eigenvalue weighted by molar-refractivity contribution is 0.225. The smallest absolute Gasteiger partial charge is 0.161 e. The molecule has 1 atom stereocenters. The first kappa shape index (κ1) is 15.4. The van der Waals surface area contributed by atoms with E-state index in [4.69, 9.17) is 13.9 Å². The van der Waals surface area contributed by atoms with Crippen LogP contribution in [0.5, 0.6) is 11.5 Å². The number of rotatable bonds is 8. The normalized spacial score (nSPS) is 12.1. The van der Waals surface area contributed by atoms with Gasteiger partial charge in [0.25, 0.3) is 0 Å². The van der Waals surface area contributed by atoms with Crippen LogP contribution < -0.4 is 14.8 Å². The number of ether oxygens (including phenoxy) is 2. The lowest BCUT2D eigenvalue weighted by Crippen LogP contribution is -2.23. The number of furan rings is 1. The van der Waals surface area contributed by atoms with Crippen LogP contribution in [-0.4, -0.2) is 25.4 Å². The molecule has 0 saturated heterocycles. The molecule has 5 nitrogen and oxygen atoms in total. The third kappa shape index (κ3) is 4.00. The molecule has 1 unspecified atom stereocenters. The molecule has 0 fully saturated rings. The predicted octanol–water partition coefficient (Wildman–Crippen LogP) is 2.51. The minimum absolute atomic E-state index is 0.0258. The number of aliphatic hydroxyl groups is 1. The van der Waals surface area contributed by atoms with E-state index < -0.39 is 0 Å². The minimum Gasteiger partial charge on any atom is -0.493 e. The molecule has 0 aliphatic heterocycles. The Kier molecular flexibility index (Phi) is 5.66. The molecule has 0 radical (unpaired) electrons. The molecular formula is C16H21NO4. The molecule has 2 N–H and O–H groups in total. The van der Waals surface area contributed by atoms with E-state index in [0.717, 1.165) is 17.1 Å². The Morgan fingerprint density at radius 2 is 2.14 bits per heavy atom. The number of benzene rings is 1. The van der Waals surface area contributed by atoms with E-state index in [1.807, 2.05) is 31.2 Å². The van der Waals surface area contributed by atoms with E-state index in [0.29, 0.717) is 18.9 Å². The van der Waals surface area contributed by atoms with Crippen molar-refractivity contribution in [3.63, 3.8) is 0 Å². The molecule has 1 aromatic carbocycles. The standard InChI is InChI=1S/C16H21NO4/c1-3-20-16-9-12(6-7-15(16)19-2)10-17-13(11-18)14-5-4-8-21-14/h4-9,13,17-18H,3,10-11H2,1-2H3. The van der Waals surface area contributed by atoms with Crippen LogP contribution in [0.2, 0.25) is 0 Å². The fourth-order valence-corrected chi connectivity index (χ4v) is 2.09. The highest BCUT2D eigenvalue weighted by atomic mass is 16.5. The summed E-state index contributed by atoms with van der Waals surface area (Å²) in [5, 5.41) is 12.7. The van der Waals surface area contributed by atoms with E-state index in [-0.39, 0.29) is 12.6 Å². The average molecular weight is 291 g/mol. The zero-order chi connectivity index (χ0) is 15.1. The van der Waals surface area contributed by atoms with Gasteiger partial charge in [-0.2, -0.15) is 0 Å². The maximum atomic E-state index is 9.43. The SMILES string of the molecule is CCOc1cc(CNC(CO)c2ccco2)ccc1OC. The minimum atomic E-state index is -0.224. The molecule has 2 aromatic rings. The van der Waals surface area contributed by atoms with Crippen molar-refractivity contribution < 1.29 is 19.0 Å². The highest BCUT2D eigenvalue weighted by Gasteiger charge is 2.13. The second-order valence-electron chi connectivity index (χ2n) is 4.55. The monoisotopic (exact) mass is 291 g/mol. The third-order valence-corrected chi connectivity index (χ3v) is 3.15. The van der Waals surface area contributed by atoms with Crippen molar-refractivity contribution in [3.05, 3.63) is 47.9 Å². The maximum Gasteiger partial charge on any atom is 0.161 e. The van der Waals surface area contributed by atoms with Gasteiger partial charge in [0.05, 0.1) is 32.6 Å². The fourth-order valence-electron chi connectivity index (χ4n) is 2.09. The molecular weight excluding hydrogens is 270 g/mol. The second-order valence-corrected chi connectivity index (χ2v) is 4.55. The van der Waals surface area contributed by atoms with Crippen LogP contribution in [0.1, 0.15) is 24.3 Å². The van der Waals surface area contributed by atoms with Gasteiger partial charge >= 0.3 is 0 Å². The van der Waals surface area contributed by atoms with Crippen LogP contribution in [0.25, 0.3) is 0 Å². The van der Waals surface area contributed by atoms with Gasteiger partial charge in [-0.3, -0.25) is 0 Å². The summed E-state index contributed by atoms with van der Waals surface area (Å²) in [6.07, 6.45) is 1.60. The summed E-state index contributed by atoms with van der Waals surface area (Å²) in [5.41, 5.74) is 1.05. The topological polar surface area (TPSA) is 63.9 Å². The number of hydrogen-bond acceptors (Lipinski definition) is 5. The van der Waals surface area contributed by atoms with Crippen LogP contribution in [-0.2, 0) is 6.54 Å². The molecule has 0 bridgehead atoms. The highest BCUT2D eigenvalue weighted by molar-refractivity contribution is 5.43. The first-order valence-corrected chi connectivity index (χ1v) is 6.95. The zero-order valence-corrected chi connectivity index (χ0v) is 12.3. The molecule has 2 rings (SSSR count). The van der Waals surface area contributed by atoms with Crippen molar-refractivity contribution in [1.82, 2.24) is 5.32 Å². The third-order valence-electron chi connectivity index (χ3n) is 3.15. The molecule has 114 valence electrons. The largest absolute Gasteiger partial charge is 0.493 e. The van der Waals surface area contributed by atoms with E-state index in [1.54, 1.807) is 19.4 Å². The Morgan fingerprint density at radius 1 is 1.29 bits per heavy atom. The Morgan fingerprint density at radius 3 is 2.76 bits per heavy atom. The van der Waals surface area contributed by atoms with Crippen LogP contribution >= 0.6 is 0 Å². The van der Waals surface area contributed by atoms with Gasteiger partial charge in [0.1, 0.15) is 5.76 Å². The molecule has 1 aromatic heterocycles. The summed E-state index contributed by atoms with van der Waals surface area (Å²) in [4.78, 5) is 0. The maximum absolute atomic E-state index is 9.43. The molecule has 5 heteroatoms. The Balaban J connectivity index is 2.03. The van der Waals surface area contributed by atoms with Gasteiger partial charge in [-0.05, 0) is 36.8 Å². The van der Waals surface area contributed by atoms with Gasteiger partial charge in [0.2, 0.25) is 0 Å². The summed E-state index contributed by atoms with van der Waals surface area (Å²) in [5.74, 6) is 2.15. The zero-order valence-electron chi connectivity index (χ0n) is 12.3. The van der Waals surface area contributed by atoms with Crippen molar-refractivity contribution in [1.29, 1.82) is 0 Å². The number of nitrogens with one attached hydrogen (secondary N) is 1. The van der Waals surface area contributed by atoms with Crippen molar-refractivity contribution in [2.24, 2.45) is 0 Å². The van der Waals surface area contributed by atoms with Crippen molar-refractivity contribution >= 4 is 0 Å². The number of methoxy groups -OCH3 is 1. The van der Waals surface area contributed by atoms with Gasteiger partial charge in [0.15, 0.2) is 11.5 Å². The van der Waals surface area contributed by atoms with E-state index in [1.165, 1.54) is 0 Å². The Hall–Kier alpha value is -1.98. The summed E-state index contributed by atoms with van der Waals surface area (Å²) >= 11 is 0. The van der Waals surface area contributed by atoms with E-state index >= 15 is 0 Å².